The highest BCUT2D eigenvalue weighted by Gasteiger charge is 2.20. The number of aliphatic hydroxyl groups excluding tert-OH is 1. The number of halogens is 1. The number of benzene rings is 1. The van der Waals surface area contributed by atoms with Gasteiger partial charge in [-0.1, -0.05) is 22.0 Å². The quantitative estimate of drug-likeness (QED) is 0.783. The summed E-state index contributed by atoms with van der Waals surface area (Å²) in [5.74, 6) is -0.266. The summed E-state index contributed by atoms with van der Waals surface area (Å²) >= 11 is 3.35. The molecule has 0 aromatic heterocycles. The fraction of sp³-hybridized carbons (Fsp3) is 0.417. The molecule has 1 aromatic carbocycles. The van der Waals surface area contributed by atoms with E-state index in [-0.39, 0.29) is 12.5 Å². The first-order valence-electron chi connectivity index (χ1n) is 5.24. The van der Waals surface area contributed by atoms with Crippen molar-refractivity contribution in [3.05, 3.63) is 33.8 Å². The van der Waals surface area contributed by atoms with Gasteiger partial charge < -0.3 is 15.5 Å². The van der Waals surface area contributed by atoms with Gasteiger partial charge in [-0.2, -0.15) is 0 Å². The number of amides is 1. The van der Waals surface area contributed by atoms with Gasteiger partial charge in [-0.3, -0.25) is 4.79 Å². The number of carbonyl (C=O) groups is 1. The van der Waals surface area contributed by atoms with Gasteiger partial charge in [0.25, 0.3) is 5.91 Å². The molecule has 0 fully saturated rings. The molecule has 1 unspecified atom stereocenters. The molecule has 3 N–H and O–H groups in total. The number of nitrogens with one attached hydrogen (secondary N) is 1. The van der Waals surface area contributed by atoms with Crippen LogP contribution in [0.3, 0.4) is 0 Å². The standard InChI is InChI=1S/C12H16BrNO3/c1-8-9(4-3-5-10(8)13)11(16)14-6-12(2,17)7-15/h3-5,15,17H,6-7H2,1-2H3,(H,14,16). The fourth-order valence-corrected chi connectivity index (χ4v) is 1.64. The van der Waals surface area contributed by atoms with E-state index in [1.807, 2.05) is 13.0 Å². The van der Waals surface area contributed by atoms with Crippen LogP contribution in [0.25, 0.3) is 0 Å². The minimum Gasteiger partial charge on any atom is -0.393 e. The van der Waals surface area contributed by atoms with E-state index >= 15 is 0 Å². The Morgan fingerprint density at radius 1 is 1.53 bits per heavy atom. The second-order valence-electron chi connectivity index (χ2n) is 4.25. The average Bonchev–Trinajstić information content (AvgIpc) is 2.30. The van der Waals surface area contributed by atoms with Gasteiger partial charge in [0, 0.05) is 16.6 Å². The van der Waals surface area contributed by atoms with Gasteiger partial charge in [-0.25, -0.2) is 0 Å². The van der Waals surface area contributed by atoms with E-state index in [4.69, 9.17) is 5.11 Å². The molecule has 0 aliphatic heterocycles. The predicted octanol–water partition coefficient (Wildman–Crippen LogP) is 1.23. The van der Waals surface area contributed by atoms with Gasteiger partial charge in [0.2, 0.25) is 0 Å². The van der Waals surface area contributed by atoms with Crippen molar-refractivity contribution in [1.82, 2.24) is 5.32 Å². The summed E-state index contributed by atoms with van der Waals surface area (Å²) in [5, 5.41) is 21.0. The molecule has 17 heavy (non-hydrogen) atoms. The third-order valence-corrected chi connectivity index (χ3v) is 3.34. The van der Waals surface area contributed by atoms with E-state index in [2.05, 4.69) is 21.2 Å². The maximum atomic E-state index is 11.9. The first-order chi connectivity index (χ1) is 7.87. The Morgan fingerprint density at radius 3 is 2.76 bits per heavy atom. The highest BCUT2D eigenvalue weighted by Crippen LogP contribution is 2.19. The number of aliphatic hydroxyl groups is 2. The summed E-state index contributed by atoms with van der Waals surface area (Å²) in [4.78, 5) is 11.9. The molecule has 0 spiro atoms. The molecule has 0 radical (unpaired) electrons. The van der Waals surface area contributed by atoms with Crippen molar-refractivity contribution in [3.8, 4) is 0 Å². The first-order valence-corrected chi connectivity index (χ1v) is 6.03. The summed E-state index contributed by atoms with van der Waals surface area (Å²) in [7, 11) is 0. The lowest BCUT2D eigenvalue weighted by atomic mass is 10.1. The van der Waals surface area contributed by atoms with Gasteiger partial charge in [0.15, 0.2) is 0 Å². The molecule has 1 aromatic rings. The van der Waals surface area contributed by atoms with Crippen molar-refractivity contribution in [3.63, 3.8) is 0 Å². The Morgan fingerprint density at radius 2 is 2.18 bits per heavy atom. The Balaban J connectivity index is 2.74. The molecule has 5 heteroatoms. The molecule has 94 valence electrons. The largest absolute Gasteiger partial charge is 0.393 e. The summed E-state index contributed by atoms with van der Waals surface area (Å²) in [5.41, 5.74) is 0.0945. The van der Waals surface area contributed by atoms with E-state index in [1.165, 1.54) is 6.92 Å². The number of hydrogen-bond acceptors (Lipinski definition) is 3. The van der Waals surface area contributed by atoms with Crippen LogP contribution in [0.2, 0.25) is 0 Å². The summed E-state index contributed by atoms with van der Waals surface area (Å²) in [6.45, 7) is 2.91. The van der Waals surface area contributed by atoms with Crippen LogP contribution in [0.4, 0.5) is 0 Å². The lowest BCUT2D eigenvalue weighted by Crippen LogP contribution is -2.43. The predicted molar refractivity (Wildman–Crippen MR) is 68.9 cm³/mol. The van der Waals surface area contributed by atoms with Crippen molar-refractivity contribution < 1.29 is 15.0 Å². The molecular weight excluding hydrogens is 286 g/mol. The monoisotopic (exact) mass is 301 g/mol. The number of carbonyl (C=O) groups excluding carboxylic acids is 1. The Bertz CT molecular complexity index is 418. The van der Waals surface area contributed by atoms with Crippen molar-refractivity contribution >= 4 is 21.8 Å². The summed E-state index contributed by atoms with van der Waals surface area (Å²) in [6, 6.07) is 5.34. The number of rotatable bonds is 4. The lowest BCUT2D eigenvalue weighted by molar-refractivity contribution is 0.00319. The molecule has 1 rings (SSSR count). The highest BCUT2D eigenvalue weighted by atomic mass is 79.9. The van der Waals surface area contributed by atoms with Gasteiger partial charge in [-0.05, 0) is 31.5 Å². The van der Waals surface area contributed by atoms with Crippen molar-refractivity contribution in [2.45, 2.75) is 19.4 Å². The van der Waals surface area contributed by atoms with Crippen LogP contribution < -0.4 is 5.32 Å². The molecule has 0 saturated heterocycles. The van der Waals surface area contributed by atoms with Crippen molar-refractivity contribution in [1.29, 1.82) is 0 Å². The average molecular weight is 302 g/mol. The molecule has 0 heterocycles. The second-order valence-corrected chi connectivity index (χ2v) is 5.10. The topological polar surface area (TPSA) is 69.6 Å². The van der Waals surface area contributed by atoms with Crippen LogP contribution in [0.15, 0.2) is 22.7 Å². The van der Waals surface area contributed by atoms with Crippen LogP contribution in [-0.2, 0) is 0 Å². The van der Waals surface area contributed by atoms with Crippen molar-refractivity contribution in [2.24, 2.45) is 0 Å². The first kappa shape index (κ1) is 14.2. The van der Waals surface area contributed by atoms with E-state index in [0.717, 1.165) is 10.0 Å². The van der Waals surface area contributed by atoms with Gasteiger partial charge >= 0.3 is 0 Å². The molecule has 0 aliphatic rings. The molecule has 0 bridgehead atoms. The second kappa shape index (κ2) is 5.62. The van der Waals surface area contributed by atoms with E-state index in [0.29, 0.717) is 5.56 Å². The smallest absolute Gasteiger partial charge is 0.251 e. The molecule has 0 aliphatic carbocycles. The highest BCUT2D eigenvalue weighted by molar-refractivity contribution is 9.10. The molecule has 4 nitrogen and oxygen atoms in total. The maximum absolute atomic E-state index is 11.9. The zero-order valence-corrected chi connectivity index (χ0v) is 11.4. The van der Waals surface area contributed by atoms with E-state index < -0.39 is 12.2 Å². The molecule has 1 atom stereocenters. The normalized spacial score (nSPS) is 14.2. The van der Waals surface area contributed by atoms with Crippen LogP contribution in [0.1, 0.15) is 22.8 Å². The fourth-order valence-electron chi connectivity index (χ4n) is 1.28. The van der Waals surface area contributed by atoms with Crippen LogP contribution in [-0.4, -0.2) is 34.9 Å². The molecule has 1 amide bonds. The molecule has 0 saturated carbocycles. The zero-order chi connectivity index (χ0) is 13.1. The minimum atomic E-state index is -1.30. The van der Waals surface area contributed by atoms with Crippen LogP contribution in [0, 0.1) is 6.92 Å². The van der Waals surface area contributed by atoms with Gasteiger partial charge in [0.05, 0.1) is 6.61 Å². The van der Waals surface area contributed by atoms with Crippen molar-refractivity contribution in [2.75, 3.05) is 13.2 Å². The minimum absolute atomic E-state index is 0.00822. The third-order valence-electron chi connectivity index (χ3n) is 2.48. The summed E-state index contributed by atoms with van der Waals surface area (Å²) < 4.78 is 0.860. The zero-order valence-electron chi connectivity index (χ0n) is 9.83. The molecular formula is C12H16BrNO3. The van der Waals surface area contributed by atoms with Crippen LogP contribution in [0.5, 0.6) is 0 Å². The lowest BCUT2D eigenvalue weighted by Gasteiger charge is -2.20. The van der Waals surface area contributed by atoms with E-state index in [1.54, 1.807) is 12.1 Å². The number of hydrogen-bond donors (Lipinski definition) is 3. The Kier molecular flexibility index (Phi) is 4.68. The summed E-state index contributed by atoms with van der Waals surface area (Å²) in [6.07, 6.45) is 0. The Hall–Kier alpha value is -0.910. The maximum Gasteiger partial charge on any atom is 0.251 e. The van der Waals surface area contributed by atoms with E-state index in [9.17, 15) is 9.90 Å². The SMILES string of the molecule is Cc1c(Br)cccc1C(=O)NCC(C)(O)CO. The third kappa shape index (κ3) is 3.80. The van der Waals surface area contributed by atoms with Gasteiger partial charge in [-0.15, -0.1) is 0 Å². The van der Waals surface area contributed by atoms with Gasteiger partial charge in [0.1, 0.15) is 5.60 Å². The Labute approximate surface area is 109 Å². The van der Waals surface area contributed by atoms with Crippen LogP contribution >= 0.6 is 15.9 Å².